The van der Waals surface area contributed by atoms with Crippen molar-refractivity contribution in [3.05, 3.63) is 58.7 Å². The molecule has 0 atom stereocenters. The van der Waals surface area contributed by atoms with Gasteiger partial charge in [-0.3, -0.25) is 0 Å². The molecule has 0 heterocycles. The second-order valence-electron chi connectivity index (χ2n) is 14.1. The van der Waals surface area contributed by atoms with Gasteiger partial charge < -0.3 is 0 Å². The van der Waals surface area contributed by atoms with Crippen molar-refractivity contribution < 1.29 is 0 Å². The van der Waals surface area contributed by atoms with Gasteiger partial charge in [-0.1, -0.05) is 169 Å². The van der Waals surface area contributed by atoms with E-state index >= 15 is 0 Å². The quantitative estimate of drug-likeness (QED) is 0.225. The smallest absolute Gasteiger partial charge is 0.0215 e. The number of benzene rings is 2. The molecule has 2 aromatic rings. The van der Waals surface area contributed by atoms with Crippen LogP contribution in [0.4, 0.5) is 0 Å². The fourth-order valence-electron chi connectivity index (χ4n) is 6.52. The SMILES string of the molecule is CCCCCCCCC1(CCCCCCCC)c2ccc(C(C)(C)C)cc2-c2cc(C(C)(C)C)ccc21. The van der Waals surface area contributed by atoms with E-state index in [1.54, 1.807) is 11.1 Å². The number of rotatable bonds is 14. The first kappa shape index (κ1) is 30.0. The highest BCUT2D eigenvalue weighted by Crippen LogP contribution is 2.55. The first-order valence-corrected chi connectivity index (χ1v) is 15.8. The summed E-state index contributed by atoms with van der Waals surface area (Å²) in [5.41, 5.74) is 9.78. The van der Waals surface area contributed by atoms with E-state index in [0.717, 1.165) is 0 Å². The molecule has 0 aliphatic heterocycles. The minimum Gasteiger partial charge on any atom is -0.0654 e. The molecule has 0 heteroatoms. The van der Waals surface area contributed by atoms with Gasteiger partial charge in [-0.15, -0.1) is 0 Å². The zero-order valence-corrected chi connectivity index (χ0v) is 25.9. The van der Waals surface area contributed by atoms with Gasteiger partial charge in [-0.25, -0.2) is 0 Å². The van der Waals surface area contributed by atoms with Crippen LogP contribution in [0.2, 0.25) is 0 Å². The molecule has 37 heavy (non-hydrogen) atoms. The molecule has 0 radical (unpaired) electrons. The van der Waals surface area contributed by atoms with Crippen molar-refractivity contribution in [1.29, 1.82) is 0 Å². The van der Waals surface area contributed by atoms with E-state index in [2.05, 4.69) is 91.8 Å². The Balaban J connectivity index is 2.02. The van der Waals surface area contributed by atoms with Crippen LogP contribution >= 0.6 is 0 Å². The topological polar surface area (TPSA) is 0 Å². The van der Waals surface area contributed by atoms with E-state index in [-0.39, 0.29) is 16.2 Å². The van der Waals surface area contributed by atoms with Crippen molar-refractivity contribution in [2.24, 2.45) is 0 Å². The Kier molecular flexibility index (Phi) is 10.5. The third-order valence-corrected chi connectivity index (χ3v) is 9.01. The van der Waals surface area contributed by atoms with Crippen LogP contribution in [0.15, 0.2) is 36.4 Å². The van der Waals surface area contributed by atoms with Crippen LogP contribution in [-0.2, 0) is 16.2 Å². The molecule has 0 aromatic heterocycles. The Hall–Kier alpha value is -1.56. The summed E-state index contributed by atoms with van der Waals surface area (Å²) in [4.78, 5) is 0. The molecule has 206 valence electrons. The zero-order valence-electron chi connectivity index (χ0n) is 25.9. The molecule has 2 aromatic carbocycles. The number of hydrogen-bond acceptors (Lipinski definition) is 0. The summed E-state index contributed by atoms with van der Waals surface area (Å²) in [6.45, 7) is 18.8. The second kappa shape index (κ2) is 13.0. The van der Waals surface area contributed by atoms with Crippen LogP contribution < -0.4 is 0 Å². The summed E-state index contributed by atoms with van der Waals surface area (Å²) in [5.74, 6) is 0. The van der Waals surface area contributed by atoms with Gasteiger partial charge in [0.05, 0.1) is 0 Å². The molecule has 0 N–H and O–H groups in total. The minimum atomic E-state index is 0.167. The molecule has 0 saturated carbocycles. The van der Waals surface area contributed by atoms with Gasteiger partial charge in [0.1, 0.15) is 0 Å². The summed E-state index contributed by atoms with van der Waals surface area (Å²) in [5, 5.41) is 0. The van der Waals surface area contributed by atoms with Gasteiger partial charge in [-0.2, -0.15) is 0 Å². The van der Waals surface area contributed by atoms with E-state index in [4.69, 9.17) is 0 Å². The molecule has 0 amide bonds. The van der Waals surface area contributed by atoms with Gasteiger partial charge in [0.2, 0.25) is 0 Å². The Bertz CT molecular complexity index is 897. The Labute approximate surface area is 231 Å². The van der Waals surface area contributed by atoms with E-state index in [1.807, 2.05) is 0 Å². The highest BCUT2D eigenvalue weighted by atomic mass is 14.5. The Morgan fingerprint density at radius 1 is 0.486 bits per heavy atom. The van der Waals surface area contributed by atoms with Gasteiger partial charge in [-0.05, 0) is 57.1 Å². The van der Waals surface area contributed by atoms with Gasteiger partial charge in [0.15, 0.2) is 0 Å². The molecule has 0 spiro atoms. The van der Waals surface area contributed by atoms with Crippen molar-refractivity contribution in [2.75, 3.05) is 0 Å². The normalized spacial score (nSPS) is 14.6. The van der Waals surface area contributed by atoms with E-state index in [9.17, 15) is 0 Å². The van der Waals surface area contributed by atoms with Gasteiger partial charge in [0, 0.05) is 5.41 Å². The van der Waals surface area contributed by atoms with Crippen LogP contribution in [0.5, 0.6) is 0 Å². The summed E-state index contributed by atoms with van der Waals surface area (Å²) < 4.78 is 0. The van der Waals surface area contributed by atoms with Gasteiger partial charge >= 0.3 is 0 Å². The second-order valence-corrected chi connectivity index (χ2v) is 14.1. The zero-order chi connectivity index (χ0) is 27.1. The van der Waals surface area contributed by atoms with Crippen molar-refractivity contribution >= 4 is 0 Å². The lowest BCUT2D eigenvalue weighted by Gasteiger charge is -2.33. The number of unbranched alkanes of at least 4 members (excludes halogenated alkanes) is 10. The van der Waals surface area contributed by atoms with E-state index < -0.39 is 0 Å². The first-order valence-electron chi connectivity index (χ1n) is 15.8. The lowest BCUT2D eigenvalue weighted by atomic mass is 9.70. The highest BCUT2D eigenvalue weighted by molar-refractivity contribution is 5.82. The average Bonchev–Trinajstić information content (AvgIpc) is 3.11. The maximum absolute atomic E-state index is 2.56. The standard InChI is InChI=1S/C37H58/c1-9-11-13-15-17-19-25-37(26-20-18-16-14-12-10-2)33-23-21-29(35(3,4)5)27-31(33)32-28-30(36(6,7)8)22-24-34(32)37/h21-24,27-28H,9-20,25-26H2,1-8H3. The number of fused-ring (bicyclic) bond motifs is 3. The third-order valence-electron chi connectivity index (χ3n) is 9.01. The monoisotopic (exact) mass is 502 g/mol. The van der Waals surface area contributed by atoms with Crippen molar-refractivity contribution in [1.82, 2.24) is 0 Å². The van der Waals surface area contributed by atoms with Crippen LogP contribution in [-0.4, -0.2) is 0 Å². The molecular formula is C37H58. The summed E-state index contributed by atoms with van der Waals surface area (Å²) in [6.07, 6.45) is 19.1. The fourth-order valence-corrected chi connectivity index (χ4v) is 6.52. The molecule has 1 aliphatic carbocycles. The lowest BCUT2D eigenvalue weighted by Crippen LogP contribution is -2.26. The first-order chi connectivity index (χ1) is 17.5. The molecule has 3 rings (SSSR count). The molecule has 0 saturated heterocycles. The van der Waals surface area contributed by atoms with Crippen LogP contribution in [0.25, 0.3) is 11.1 Å². The summed E-state index contributed by atoms with van der Waals surface area (Å²) in [7, 11) is 0. The predicted octanol–water partition coefficient (Wildman–Crippen LogP) is 12.0. The van der Waals surface area contributed by atoms with Gasteiger partial charge in [0.25, 0.3) is 0 Å². The van der Waals surface area contributed by atoms with Crippen LogP contribution in [0, 0.1) is 0 Å². The third kappa shape index (κ3) is 7.30. The number of hydrogen-bond donors (Lipinski definition) is 0. The Morgan fingerprint density at radius 2 is 0.838 bits per heavy atom. The largest absolute Gasteiger partial charge is 0.0654 e. The molecule has 0 bridgehead atoms. The summed E-state index contributed by atoms with van der Waals surface area (Å²) in [6, 6.07) is 15.1. The maximum atomic E-state index is 2.56. The molecule has 0 nitrogen and oxygen atoms in total. The Morgan fingerprint density at radius 3 is 1.19 bits per heavy atom. The van der Waals surface area contributed by atoms with E-state index in [1.165, 1.54) is 112 Å². The van der Waals surface area contributed by atoms with Crippen LogP contribution in [0.1, 0.15) is 168 Å². The van der Waals surface area contributed by atoms with Crippen molar-refractivity contribution in [3.8, 4) is 11.1 Å². The van der Waals surface area contributed by atoms with Crippen molar-refractivity contribution in [3.63, 3.8) is 0 Å². The highest BCUT2D eigenvalue weighted by Gasteiger charge is 2.43. The average molecular weight is 503 g/mol. The predicted molar refractivity (Wildman–Crippen MR) is 166 cm³/mol. The fraction of sp³-hybridized carbons (Fsp3) is 0.676. The molecule has 1 aliphatic rings. The lowest BCUT2D eigenvalue weighted by molar-refractivity contribution is 0.397. The summed E-state index contributed by atoms with van der Waals surface area (Å²) >= 11 is 0. The van der Waals surface area contributed by atoms with Crippen LogP contribution in [0.3, 0.4) is 0 Å². The molecule has 0 fully saturated rings. The van der Waals surface area contributed by atoms with E-state index in [0.29, 0.717) is 0 Å². The minimum absolute atomic E-state index is 0.167. The maximum Gasteiger partial charge on any atom is 0.0215 e. The molecular weight excluding hydrogens is 444 g/mol. The van der Waals surface area contributed by atoms with Crippen molar-refractivity contribution in [2.45, 2.75) is 162 Å². The molecule has 0 unspecified atom stereocenters.